The van der Waals surface area contributed by atoms with Crippen LogP contribution in [0.3, 0.4) is 0 Å². The number of nitrogens with two attached hydrogens (primary N) is 1. The Morgan fingerprint density at radius 3 is 2.25 bits per heavy atom. The second-order valence-electron chi connectivity index (χ2n) is 5.10. The Balaban J connectivity index is 3.33. The maximum atomic E-state index is 12.7. The van der Waals surface area contributed by atoms with E-state index in [1.807, 2.05) is 13.8 Å². The zero-order valence-electron chi connectivity index (χ0n) is 12.0. The van der Waals surface area contributed by atoms with Gasteiger partial charge in [-0.3, -0.25) is 0 Å². The van der Waals surface area contributed by atoms with Crippen molar-refractivity contribution >= 4 is 11.6 Å². The molecule has 0 saturated carbocycles. The zero-order valence-corrected chi connectivity index (χ0v) is 12.0. The Labute approximate surface area is 116 Å². The van der Waals surface area contributed by atoms with Crippen LogP contribution in [-0.4, -0.2) is 28.7 Å². The monoisotopic (exact) mass is 291 g/mol. The van der Waals surface area contributed by atoms with Crippen LogP contribution in [0.1, 0.15) is 39.2 Å². The lowest BCUT2D eigenvalue weighted by molar-refractivity contribution is -0.120. The first-order valence-corrected chi connectivity index (χ1v) is 6.32. The van der Waals surface area contributed by atoms with Gasteiger partial charge in [-0.2, -0.15) is 13.2 Å². The Bertz CT molecular complexity index is 445. The van der Waals surface area contributed by atoms with Gasteiger partial charge in [-0.25, -0.2) is 15.8 Å². The van der Waals surface area contributed by atoms with Gasteiger partial charge in [0.05, 0.1) is 0 Å². The quantitative estimate of drug-likeness (QED) is 0.645. The van der Waals surface area contributed by atoms with Gasteiger partial charge in [-0.15, -0.1) is 0 Å². The topological polar surface area (TPSA) is 67.1 Å². The second kappa shape index (κ2) is 6.25. The number of anilines is 2. The van der Waals surface area contributed by atoms with E-state index in [-0.39, 0.29) is 17.8 Å². The van der Waals surface area contributed by atoms with Gasteiger partial charge in [0.1, 0.15) is 24.5 Å². The van der Waals surface area contributed by atoms with Crippen molar-refractivity contribution in [3.63, 3.8) is 0 Å². The lowest BCUT2D eigenvalue weighted by Crippen LogP contribution is -2.40. The summed E-state index contributed by atoms with van der Waals surface area (Å²) in [6, 6.07) is -0.352. The number of hydrogen-bond acceptors (Lipinski definition) is 5. The number of nitrogens with zero attached hydrogens (tertiary/aromatic N) is 3. The first-order valence-electron chi connectivity index (χ1n) is 6.32. The van der Waals surface area contributed by atoms with E-state index in [0.29, 0.717) is 11.4 Å². The van der Waals surface area contributed by atoms with Crippen molar-refractivity contribution < 1.29 is 13.2 Å². The van der Waals surface area contributed by atoms with Crippen molar-refractivity contribution in [2.45, 2.75) is 45.8 Å². The van der Waals surface area contributed by atoms with Crippen molar-refractivity contribution in [2.75, 3.05) is 16.9 Å². The smallest absolute Gasteiger partial charge is 0.345 e. The maximum Gasteiger partial charge on any atom is 0.405 e. The number of nitrogen functional groups attached to an aromatic ring is 1. The van der Waals surface area contributed by atoms with Crippen LogP contribution in [0.15, 0.2) is 6.33 Å². The molecule has 0 bridgehead atoms. The fourth-order valence-corrected chi connectivity index (χ4v) is 1.96. The molecule has 0 amide bonds. The van der Waals surface area contributed by atoms with E-state index in [1.165, 1.54) is 11.2 Å². The van der Waals surface area contributed by atoms with Crippen molar-refractivity contribution in [2.24, 2.45) is 5.84 Å². The Hall–Kier alpha value is -1.57. The molecule has 1 rings (SSSR count). The van der Waals surface area contributed by atoms with Gasteiger partial charge in [0.2, 0.25) is 0 Å². The van der Waals surface area contributed by atoms with E-state index in [2.05, 4.69) is 15.4 Å². The number of halogens is 3. The first kappa shape index (κ1) is 16.5. The molecule has 0 fully saturated rings. The molecule has 8 heteroatoms. The molecule has 0 unspecified atom stereocenters. The van der Waals surface area contributed by atoms with E-state index < -0.39 is 12.7 Å². The summed E-state index contributed by atoms with van der Waals surface area (Å²) < 4.78 is 38.2. The number of aromatic nitrogens is 2. The third kappa shape index (κ3) is 3.96. The summed E-state index contributed by atoms with van der Waals surface area (Å²) in [5.74, 6) is 5.92. The molecule has 0 radical (unpaired) electrons. The van der Waals surface area contributed by atoms with E-state index >= 15 is 0 Å². The molecule has 1 aromatic rings. The summed E-state index contributed by atoms with van der Waals surface area (Å²) in [4.78, 5) is 9.20. The predicted octanol–water partition coefficient (Wildman–Crippen LogP) is 2.66. The highest BCUT2D eigenvalue weighted by Gasteiger charge is 2.34. The lowest BCUT2D eigenvalue weighted by Gasteiger charge is -2.31. The minimum Gasteiger partial charge on any atom is -0.345 e. The molecule has 0 saturated heterocycles. The molecule has 1 aromatic heterocycles. The van der Waals surface area contributed by atoms with Crippen molar-refractivity contribution in [3.05, 3.63) is 11.9 Å². The SMILES string of the molecule is CC(C)c1c(NN)ncnc1N(CC(F)(F)F)C(C)C. The molecule has 0 aliphatic rings. The lowest BCUT2D eigenvalue weighted by atomic mass is 10.0. The van der Waals surface area contributed by atoms with Crippen LogP contribution in [0.2, 0.25) is 0 Å². The van der Waals surface area contributed by atoms with Crippen molar-refractivity contribution in [1.82, 2.24) is 9.97 Å². The predicted molar refractivity (Wildman–Crippen MR) is 72.5 cm³/mol. The number of hydrazine groups is 1. The highest BCUT2D eigenvalue weighted by atomic mass is 19.4. The van der Waals surface area contributed by atoms with Gasteiger partial charge in [0.25, 0.3) is 0 Å². The summed E-state index contributed by atoms with van der Waals surface area (Å²) in [5, 5.41) is 0. The van der Waals surface area contributed by atoms with Gasteiger partial charge in [-0.1, -0.05) is 13.8 Å². The minimum atomic E-state index is -4.31. The van der Waals surface area contributed by atoms with Gasteiger partial charge in [0, 0.05) is 11.6 Å². The molecule has 0 atom stereocenters. The molecule has 0 aromatic carbocycles. The summed E-state index contributed by atoms with van der Waals surface area (Å²) in [6.45, 7) is 6.02. The average Bonchev–Trinajstić information content (AvgIpc) is 2.33. The minimum absolute atomic E-state index is 0.0632. The molecule has 0 aliphatic heterocycles. The number of rotatable bonds is 5. The normalized spacial score (nSPS) is 12.1. The Morgan fingerprint density at radius 1 is 1.25 bits per heavy atom. The molecule has 0 spiro atoms. The largest absolute Gasteiger partial charge is 0.405 e. The molecular formula is C12H20F3N5. The second-order valence-corrected chi connectivity index (χ2v) is 5.10. The zero-order chi connectivity index (χ0) is 15.5. The van der Waals surface area contributed by atoms with E-state index in [0.717, 1.165) is 0 Å². The molecular weight excluding hydrogens is 271 g/mol. The van der Waals surface area contributed by atoms with Gasteiger partial charge in [-0.05, 0) is 19.8 Å². The highest BCUT2D eigenvalue weighted by Crippen LogP contribution is 2.33. The third-order valence-electron chi connectivity index (χ3n) is 2.82. The number of alkyl halides is 3. The number of nitrogens with one attached hydrogen (secondary N) is 1. The third-order valence-corrected chi connectivity index (χ3v) is 2.82. The van der Waals surface area contributed by atoms with E-state index in [4.69, 9.17) is 5.84 Å². The van der Waals surface area contributed by atoms with E-state index in [9.17, 15) is 13.2 Å². The summed E-state index contributed by atoms with van der Waals surface area (Å²) >= 11 is 0. The molecule has 0 aliphatic carbocycles. The molecule has 5 nitrogen and oxygen atoms in total. The standard InChI is InChI=1S/C12H20F3N5/c1-7(2)9-10(19-16)17-6-18-11(9)20(8(3)4)5-12(13,14)15/h6-8H,5,16H2,1-4H3,(H,17,18,19). The van der Waals surface area contributed by atoms with Crippen LogP contribution in [-0.2, 0) is 0 Å². The van der Waals surface area contributed by atoms with Crippen LogP contribution in [0, 0.1) is 0 Å². The van der Waals surface area contributed by atoms with E-state index in [1.54, 1.807) is 13.8 Å². The van der Waals surface area contributed by atoms with Crippen LogP contribution in [0.5, 0.6) is 0 Å². The van der Waals surface area contributed by atoms with Gasteiger partial charge < -0.3 is 10.3 Å². The van der Waals surface area contributed by atoms with Crippen molar-refractivity contribution in [1.29, 1.82) is 0 Å². The molecule has 1 heterocycles. The molecule has 114 valence electrons. The highest BCUT2D eigenvalue weighted by molar-refractivity contribution is 5.60. The fourth-order valence-electron chi connectivity index (χ4n) is 1.96. The van der Waals surface area contributed by atoms with Crippen molar-refractivity contribution in [3.8, 4) is 0 Å². The first-order chi connectivity index (χ1) is 9.17. The summed E-state index contributed by atoms with van der Waals surface area (Å²) in [6.07, 6.45) is -3.10. The Kier molecular flexibility index (Phi) is 5.15. The number of hydrogen-bond donors (Lipinski definition) is 2. The average molecular weight is 291 g/mol. The Morgan fingerprint density at radius 2 is 1.85 bits per heavy atom. The van der Waals surface area contributed by atoms with Crippen LogP contribution < -0.4 is 16.2 Å². The molecule has 20 heavy (non-hydrogen) atoms. The molecule has 3 N–H and O–H groups in total. The van der Waals surface area contributed by atoms with Crippen LogP contribution in [0.4, 0.5) is 24.8 Å². The summed E-state index contributed by atoms with van der Waals surface area (Å²) in [5.41, 5.74) is 2.99. The fraction of sp³-hybridized carbons (Fsp3) is 0.667. The maximum absolute atomic E-state index is 12.7. The summed E-state index contributed by atoms with van der Waals surface area (Å²) in [7, 11) is 0. The van der Waals surface area contributed by atoms with Crippen LogP contribution in [0.25, 0.3) is 0 Å². The van der Waals surface area contributed by atoms with Crippen LogP contribution >= 0.6 is 0 Å². The van der Waals surface area contributed by atoms with Gasteiger partial charge in [0.15, 0.2) is 0 Å². The van der Waals surface area contributed by atoms with Gasteiger partial charge >= 0.3 is 6.18 Å².